The van der Waals surface area contributed by atoms with Crippen LogP contribution >= 0.6 is 0 Å². The topological polar surface area (TPSA) is 66.6 Å². The third kappa shape index (κ3) is 3.50. The smallest absolute Gasteiger partial charge is 0.416 e. The minimum absolute atomic E-state index is 0.393. The van der Waals surface area contributed by atoms with Crippen LogP contribution in [0.3, 0.4) is 0 Å². The number of hydrogen-bond acceptors (Lipinski definition) is 4. The van der Waals surface area contributed by atoms with Gasteiger partial charge >= 0.3 is 11.9 Å². The van der Waals surface area contributed by atoms with Crippen molar-refractivity contribution in [1.82, 2.24) is 4.90 Å². The Morgan fingerprint density at radius 1 is 1.27 bits per heavy atom. The van der Waals surface area contributed by atoms with Crippen molar-refractivity contribution in [3.63, 3.8) is 0 Å². The van der Waals surface area contributed by atoms with Gasteiger partial charge in [-0.2, -0.15) is 13.2 Å². The van der Waals surface area contributed by atoms with Crippen molar-refractivity contribution in [2.45, 2.75) is 18.5 Å². The summed E-state index contributed by atoms with van der Waals surface area (Å²) in [6.45, 7) is 1.07. The van der Waals surface area contributed by atoms with Crippen LogP contribution in [0.4, 0.5) is 18.9 Å². The molecule has 138 valence electrons. The van der Waals surface area contributed by atoms with Gasteiger partial charge < -0.3 is 10.0 Å². The van der Waals surface area contributed by atoms with Gasteiger partial charge in [0.25, 0.3) is 0 Å². The summed E-state index contributed by atoms with van der Waals surface area (Å²) < 4.78 is 39.2. The third-order valence-corrected chi connectivity index (χ3v) is 4.68. The van der Waals surface area contributed by atoms with Crippen LogP contribution in [-0.2, 0) is 12.6 Å². The van der Waals surface area contributed by atoms with Crippen molar-refractivity contribution in [2.24, 2.45) is 0 Å². The number of halogens is 3. The minimum atomic E-state index is -4.45. The van der Waals surface area contributed by atoms with Crippen molar-refractivity contribution in [1.29, 1.82) is 0 Å². The third-order valence-electron chi connectivity index (χ3n) is 4.68. The Bertz CT molecular complexity index is 852. The minimum Gasteiger partial charge on any atom is -0.502 e. The Balaban J connectivity index is 2.14. The molecule has 0 amide bonds. The molecule has 1 unspecified atom stereocenters. The van der Waals surface area contributed by atoms with Crippen LogP contribution in [-0.4, -0.2) is 35.1 Å². The first-order valence-corrected chi connectivity index (χ1v) is 8.02. The maximum atomic E-state index is 13.1. The van der Waals surface area contributed by atoms with Crippen LogP contribution in [0.25, 0.3) is 0 Å². The fourth-order valence-electron chi connectivity index (χ4n) is 3.35. The molecule has 1 heterocycles. The van der Waals surface area contributed by atoms with E-state index in [4.69, 9.17) is 0 Å². The zero-order valence-corrected chi connectivity index (χ0v) is 14.0. The Labute approximate surface area is 147 Å². The van der Waals surface area contributed by atoms with E-state index in [0.29, 0.717) is 36.2 Å². The molecule has 26 heavy (non-hydrogen) atoms. The average Bonchev–Trinajstić information content (AvgIpc) is 2.72. The fraction of sp³-hybridized carbons (Fsp3) is 0.333. The fourth-order valence-corrected chi connectivity index (χ4v) is 3.35. The molecule has 1 atom stereocenters. The Kier molecular flexibility index (Phi) is 4.62. The first kappa shape index (κ1) is 18.2. The zero-order valence-electron chi connectivity index (χ0n) is 14.0. The highest BCUT2D eigenvalue weighted by atomic mass is 19.4. The normalized spacial score (nSPS) is 18.2. The molecule has 5 nitrogen and oxygen atoms in total. The number of fused-ring (bicyclic) bond motifs is 1. The molecule has 3 rings (SSSR count). The maximum absolute atomic E-state index is 13.1. The van der Waals surface area contributed by atoms with Gasteiger partial charge in [-0.05, 0) is 42.3 Å². The highest BCUT2D eigenvalue weighted by Gasteiger charge is 2.32. The molecule has 0 aliphatic carbocycles. The lowest BCUT2D eigenvalue weighted by Gasteiger charge is -2.23. The van der Waals surface area contributed by atoms with E-state index in [0.717, 1.165) is 12.1 Å². The standard InChI is InChI=1S/C18H17F3N2O3/c1-22-6-5-12-8-16(23(25)26)17(24)9-14(12)15(10-22)11-3-2-4-13(7-11)18(19,20)21/h2-4,7-9,15,24H,5-6,10H2,1H3. The molecule has 0 radical (unpaired) electrons. The van der Waals surface area contributed by atoms with Crippen LogP contribution in [0.1, 0.15) is 28.2 Å². The quantitative estimate of drug-likeness (QED) is 0.646. The molecule has 0 fully saturated rings. The molecule has 0 aromatic heterocycles. The van der Waals surface area contributed by atoms with Crippen LogP contribution in [0.15, 0.2) is 36.4 Å². The number of phenols is 1. The summed E-state index contributed by atoms with van der Waals surface area (Å²) in [5.74, 6) is -0.901. The first-order valence-electron chi connectivity index (χ1n) is 8.02. The molecule has 2 aromatic carbocycles. The summed E-state index contributed by atoms with van der Waals surface area (Å²) in [5.41, 5.74) is 0.617. The van der Waals surface area contributed by atoms with Crippen molar-refractivity contribution in [3.8, 4) is 5.75 Å². The first-order chi connectivity index (χ1) is 12.2. The lowest BCUT2D eigenvalue weighted by molar-refractivity contribution is -0.385. The molecule has 1 N–H and O–H groups in total. The SMILES string of the molecule is CN1CCc2cc([N+](=O)[O-])c(O)cc2C(c2cccc(C(F)(F)F)c2)C1. The Hall–Kier alpha value is -2.61. The molecule has 0 spiro atoms. The van der Waals surface area contributed by atoms with Crippen molar-refractivity contribution < 1.29 is 23.2 Å². The summed E-state index contributed by atoms with van der Waals surface area (Å²) in [5, 5.41) is 21.1. The number of likely N-dealkylation sites (N-methyl/N-ethyl adjacent to an activating group) is 1. The molecule has 0 saturated carbocycles. The Morgan fingerprint density at radius 3 is 2.65 bits per heavy atom. The molecule has 2 aromatic rings. The molecule has 1 aliphatic heterocycles. The number of nitro groups is 1. The van der Waals surface area contributed by atoms with Gasteiger partial charge in [0.05, 0.1) is 10.5 Å². The highest BCUT2D eigenvalue weighted by molar-refractivity contribution is 5.54. The average molecular weight is 366 g/mol. The second kappa shape index (κ2) is 6.60. The van der Waals surface area contributed by atoms with E-state index in [1.165, 1.54) is 18.2 Å². The summed E-state index contributed by atoms with van der Waals surface area (Å²) in [6, 6.07) is 7.72. The Morgan fingerprint density at radius 2 is 2.00 bits per heavy atom. The summed E-state index contributed by atoms with van der Waals surface area (Å²) >= 11 is 0. The number of benzene rings is 2. The summed E-state index contributed by atoms with van der Waals surface area (Å²) in [6.07, 6.45) is -3.94. The molecule has 0 saturated heterocycles. The van der Waals surface area contributed by atoms with Crippen LogP contribution < -0.4 is 0 Å². The lowest BCUT2D eigenvalue weighted by atomic mass is 9.87. The number of rotatable bonds is 2. The van der Waals surface area contributed by atoms with Crippen molar-refractivity contribution in [2.75, 3.05) is 20.1 Å². The zero-order chi connectivity index (χ0) is 19.1. The molecular weight excluding hydrogens is 349 g/mol. The van der Waals surface area contributed by atoms with Gasteiger partial charge in [-0.1, -0.05) is 18.2 Å². The van der Waals surface area contributed by atoms with E-state index in [-0.39, 0.29) is 0 Å². The molecule has 8 heteroatoms. The molecule has 1 aliphatic rings. The second-order valence-corrected chi connectivity index (χ2v) is 6.48. The van der Waals surface area contributed by atoms with Gasteiger partial charge in [-0.15, -0.1) is 0 Å². The molecule has 0 bridgehead atoms. The number of nitrogens with zero attached hydrogens (tertiary/aromatic N) is 2. The van der Waals surface area contributed by atoms with E-state index in [2.05, 4.69) is 0 Å². The molecular formula is C18H17F3N2O3. The van der Waals surface area contributed by atoms with Gasteiger partial charge in [-0.25, -0.2) is 0 Å². The van der Waals surface area contributed by atoms with Crippen LogP contribution in [0, 0.1) is 10.1 Å². The van der Waals surface area contributed by atoms with E-state index >= 15 is 0 Å². The number of aromatic hydroxyl groups is 1. The van der Waals surface area contributed by atoms with Crippen molar-refractivity contribution in [3.05, 3.63) is 68.8 Å². The number of hydrogen-bond donors (Lipinski definition) is 1. The van der Waals surface area contributed by atoms with E-state index in [1.807, 2.05) is 11.9 Å². The predicted octanol–water partition coefficient (Wildman–Crippen LogP) is 3.94. The largest absolute Gasteiger partial charge is 0.502 e. The number of alkyl halides is 3. The van der Waals surface area contributed by atoms with Gasteiger partial charge in [0, 0.05) is 25.1 Å². The van der Waals surface area contributed by atoms with Crippen LogP contribution in [0.5, 0.6) is 5.75 Å². The van der Waals surface area contributed by atoms with Gasteiger partial charge in [0.1, 0.15) is 0 Å². The predicted molar refractivity (Wildman–Crippen MR) is 89.2 cm³/mol. The highest BCUT2D eigenvalue weighted by Crippen LogP contribution is 2.39. The summed E-state index contributed by atoms with van der Waals surface area (Å²) in [7, 11) is 1.85. The summed E-state index contributed by atoms with van der Waals surface area (Å²) in [4.78, 5) is 12.4. The van der Waals surface area contributed by atoms with E-state index in [1.54, 1.807) is 6.07 Å². The van der Waals surface area contributed by atoms with Crippen LogP contribution in [0.2, 0.25) is 0 Å². The maximum Gasteiger partial charge on any atom is 0.416 e. The van der Waals surface area contributed by atoms with Gasteiger partial charge in [0.15, 0.2) is 5.75 Å². The van der Waals surface area contributed by atoms with Gasteiger partial charge in [0.2, 0.25) is 0 Å². The lowest BCUT2D eigenvalue weighted by Crippen LogP contribution is -2.24. The van der Waals surface area contributed by atoms with Crippen molar-refractivity contribution >= 4 is 5.69 Å². The van der Waals surface area contributed by atoms with Gasteiger partial charge in [-0.3, -0.25) is 10.1 Å². The number of phenolic OH excluding ortho intramolecular Hbond substituents is 1. The second-order valence-electron chi connectivity index (χ2n) is 6.48. The van der Waals surface area contributed by atoms with E-state index in [9.17, 15) is 28.4 Å². The van der Waals surface area contributed by atoms with E-state index < -0.39 is 34.0 Å². The number of nitro benzene ring substituents is 1. The monoisotopic (exact) mass is 366 g/mol.